The predicted octanol–water partition coefficient (Wildman–Crippen LogP) is 3.60. The third kappa shape index (κ3) is 4.81. The third-order valence-corrected chi connectivity index (χ3v) is 4.55. The van der Waals surface area contributed by atoms with E-state index >= 15 is 0 Å². The molecule has 6 nitrogen and oxygen atoms in total. The van der Waals surface area contributed by atoms with E-state index in [0.717, 1.165) is 12.0 Å². The fourth-order valence-electron chi connectivity index (χ4n) is 2.79. The van der Waals surface area contributed by atoms with E-state index in [1.165, 1.54) is 0 Å². The van der Waals surface area contributed by atoms with E-state index in [1.54, 1.807) is 23.0 Å². The van der Waals surface area contributed by atoms with Crippen molar-refractivity contribution in [3.05, 3.63) is 28.3 Å². The van der Waals surface area contributed by atoms with Crippen molar-refractivity contribution in [2.24, 2.45) is 0 Å². The Bertz CT molecular complexity index is 677. The first-order chi connectivity index (χ1) is 12.2. The van der Waals surface area contributed by atoms with Gasteiger partial charge < -0.3 is 19.3 Å². The number of halogens is 1. The molecule has 2 rings (SSSR count). The molecule has 0 spiro atoms. The van der Waals surface area contributed by atoms with Crippen molar-refractivity contribution in [1.82, 2.24) is 9.80 Å². The number of rotatable bonds is 3. The number of benzene rings is 1. The minimum atomic E-state index is -0.533. The van der Waals surface area contributed by atoms with Gasteiger partial charge in [0, 0.05) is 31.2 Å². The van der Waals surface area contributed by atoms with E-state index in [1.807, 2.05) is 33.8 Å². The van der Waals surface area contributed by atoms with E-state index < -0.39 is 5.60 Å². The highest BCUT2D eigenvalue weighted by atomic mass is 35.5. The first kappa shape index (κ1) is 20.4. The highest BCUT2D eigenvalue weighted by molar-refractivity contribution is 6.31. The first-order valence-corrected chi connectivity index (χ1v) is 9.17. The first-order valence-electron chi connectivity index (χ1n) is 8.80. The van der Waals surface area contributed by atoms with Gasteiger partial charge in [-0.1, -0.05) is 18.5 Å². The molecule has 7 heteroatoms. The summed E-state index contributed by atoms with van der Waals surface area (Å²) in [5.74, 6) is 0.376. The van der Waals surface area contributed by atoms with E-state index in [4.69, 9.17) is 21.1 Å². The summed E-state index contributed by atoms with van der Waals surface area (Å²) in [6.45, 7) is 9.25. The molecule has 0 saturated carbocycles. The quantitative estimate of drug-likeness (QED) is 0.801. The molecule has 0 radical (unpaired) electrons. The summed E-state index contributed by atoms with van der Waals surface area (Å²) in [6, 6.07) is 3.48. The minimum Gasteiger partial charge on any atom is -0.496 e. The molecule has 2 amide bonds. The number of hydrogen-bond donors (Lipinski definition) is 0. The van der Waals surface area contributed by atoms with Crippen LogP contribution in [0, 0.1) is 0 Å². The molecule has 26 heavy (non-hydrogen) atoms. The molecule has 144 valence electrons. The Morgan fingerprint density at radius 1 is 1.12 bits per heavy atom. The molecular weight excluding hydrogens is 356 g/mol. The summed E-state index contributed by atoms with van der Waals surface area (Å²) >= 11 is 6.27. The number of amides is 2. The standard InChI is InChI=1S/C19H27ClN2O4/c1-6-13-11-16(25-5)14(12-15(13)20)17(23)21-7-9-22(10-8-21)18(24)26-19(2,3)4/h11-12H,6-10H2,1-5H3. The van der Waals surface area contributed by atoms with Crippen LogP contribution in [0.1, 0.15) is 43.6 Å². The van der Waals surface area contributed by atoms with E-state index in [-0.39, 0.29) is 12.0 Å². The number of nitrogens with zero attached hydrogens (tertiary/aromatic N) is 2. The van der Waals surface area contributed by atoms with Gasteiger partial charge in [-0.25, -0.2) is 4.79 Å². The van der Waals surface area contributed by atoms with Crippen molar-refractivity contribution in [1.29, 1.82) is 0 Å². The molecule has 1 fully saturated rings. The van der Waals surface area contributed by atoms with E-state index in [9.17, 15) is 9.59 Å². The molecular formula is C19H27ClN2O4. The summed E-state index contributed by atoms with van der Waals surface area (Å²) in [7, 11) is 1.54. The Morgan fingerprint density at radius 3 is 2.19 bits per heavy atom. The summed E-state index contributed by atoms with van der Waals surface area (Å²) in [6.07, 6.45) is 0.413. The molecule has 0 unspecified atom stereocenters. The topological polar surface area (TPSA) is 59.1 Å². The lowest BCUT2D eigenvalue weighted by Gasteiger charge is -2.35. The lowest BCUT2D eigenvalue weighted by atomic mass is 10.1. The third-order valence-electron chi connectivity index (χ3n) is 4.20. The molecule has 1 aromatic carbocycles. The van der Waals surface area contributed by atoms with Gasteiger partial charge in [-0.2, -0.15) is 0 Å². The Kier molecular flexibility index (Phi) is 6.39. The van der Waals surface area contributed by atoms with E-state index in [0.29, 0.717) is 42.5 Å². The number of hydrogen-bond acceptors (Lipinski definition) is 4. The van der Waals surface area contributed by atoms with Gasteiger partial charge >= 0.3 is 6.09 Å². The largest absolute Gasteiger partial charge is 0.496 e. The molecule has 0 bridgehead atoms. The summed E-state index contributed by atoms with van der Waals surface area (Å²) in [5.41, 5.74) is 0.852. The SMILES string of the molecule is CCc1cc(OC)c(C(=O)N2CCN(C(=O)OC(C)(C)C)CC2)cc1Cl. The van der Waals surface area contributed by atoms with Gasteiger partial charge in [-0.05, 0) is 44.9 Å². The highest BCUT2D eigenvalue weighted by Crippen LogP contribution is 2.29. The Hall–Kier alpha value is -1.95. The van der Waals surface area contributed by atoms with E-state index in [2.05, 4.69) is 0 Å². The van der Waals surface area contributed by atoms with Crippen LogP contribution in [0.4, 0.5) is 4.79 Å². The van der Waals surface area contributed by atoms with Crippen molar-refractivity contribution < 1.29 is 19.1 Å². The lowest BCUT2D eigenvalue weighted by Crippen LogP contribution is -2.51. The van der Waals surface area contributed by atoms with Gasteiger partial charge in [-0.3, -0.25) is 4.79 Å². The molecule has 0 N–H and O–H groups in total. The van der Waals surface area contributed by atoms with Crippen LogP contribution in [0.25, 0.3) is 0 Å². The van der Waals surface area contributed by atoms with Crippen LogP contribution in [0.5, 0.6) is 5.75 Å². The van der Waals surface area contributed by atoms with Crippen LogP contribution in [-0.2, 0) is 11.2 Å². The maximum Gasteiger partial charge on any atom is 0.410 e. The summed E-state index contributed by atoms with van der Waals surface area (Å²) in [5, 5.41) is 0.559. The second-order valence-corrected chi connectivity index (χ2v) is 7.66. The van der Waals surface area contributed by atoms with Gasteiger partial charge in [0.2, 0.25) is 0 Å². The number of methoxy groups -OCH3 is 1. The Morgan fingerprint density at radius 2 is 1.69 bits per heavy atom. The predicted molar refractivity (Wildman–Crippen MR) is 101 cm³/mol. The van der Waals surface area contributed by atoms with Gasteiger partial charge in [-0.15, -0.1) is 0 Å². The number of carbonyl (C=O) groups excluding carboxylic acids is 2. The Labute approximate surface area is 160 Å². The lowest BCUT2D eigenvalue weighted by molar-refractivity contribution is 0.0140. The molecule has 0 aromatic heterocycles. The van der Waals surface area contributed by atoms with Crippen molar-refractivity contribution in [2.75, 3.05) is 33.3 Å². The highest BCUT2D eigenvalue weighted by Gasteiger charge is 2.29. The Balaban J connectivity index is 2.07. The molecule has 0 atom stereocenters. The minimum absolute atomic E-state index is 0.143. The van der Waals surface area contributed by atoms with Crippen molar-refractivity contribution in [3.8, 4) is 5.75 Å². The van der Waals surface area contributed by atoms with Crippen LogP contribution in [0.3, 0.4) is 0 Å². The number of aryl methyl sites for hydroxylation is 1. The molecule has 1 aliphatic heterocycles. The maximum atomic E-state index is 12.9. The van der Waals surface area contributed by atoms with Crippen LogP contribution in [0.2, 0.25) is 5.02 Å². The molecule has 1 aromatic rings. The smallest absolute Gasteiger partial charge is 0.410 e. The monoisotopic (exact) mass is 382 g/mol. The summed E-state index contributed by atoms with van der Waals surface area (Å²) in [4.78, 5) is 28.4. The fourth-order valence-corrected chi connectivity index (χ4v) is 3.09. The second-order valence-electron chi connectivity index (χ2n) is 7.26. The summed E-state index contributed by atoms with van der Waals surface area (Å²) < 4.78 is 10.8. The maximum absolute atomic E-state index is 12.9. The zero-order valence-electron chi connectivity index (χ0n) is 16.1. The number of carbonyl (C=O) groups is 2. The van der Waals surface area contributed by atoms with Gasteiger partial charge in [0.15, 0.2) is 0 Å². The molecule has 1 aliphatic rings. The van der Waals surface area contributed by atoms with Crippen molar-refractivity contribution in [2.45, 2.75) is 39.7 Å². The fraction of sp³-hybridized carbons (Fsp3) is 0.579. The van der Waals surface area contributed by atoms with Gasteiger partial charge in [0.1, 0.15) is 11.4 Å². The van der Waals surface area contributed by atoms with Crippen LogP contribution in [0.15, 0.2) is 12.1 Å². The molecule has 1 saturated heterocycles. The van der Waals surface area contributed by atoms with Gasteiger partial charge in [0.05, 0.1) is 12.7 Å². The van der Waals surface area contributed by atoms with Crippen LogP contribution < -0.4 is 4.74 Å². The van der Waals surface area contributed by atoms with Crippen LogP contribution >= 0.6 is 11.6 Å². The number of ether oxygens (including phenoxy) is 2. The number of piperazine rings is 1. The zero-order chi connectivity index (χ0) is 19.5. The second kappa shape index (κ2) is 8.16. The average molecular weight is 383 g/mol. The van der Waals surface area contributed by atoms with Gasteiger partial charge in [0.25, 0.3) is 5.91 Å². The zero-order valence-corrected chi connectivity index (χ0v) is 16.9. The normalized spacial score (nSPS) is 15.0. The molecule has 1 heterocycles. The van der Waals surface area contributed by atoms with Crippen molar-refractivity contribution in [3.63, 3.8) is 0 Å². The molecule has 0 aliphatic carbocycles. The van der Waals surface area contributed by atoms with Crippen LogP contribution in [-0.4, -0.2) is 60.7 Å². The van der Waals surface area contributed by atoms with Crippen molar-refractivity contribution >= 4 is 23.6 Å². The average Bonchev–Trinajstić information content (AvgIpc) is 2.59.